The van der Waals surface area contributed by atoms with Gasteiger partial charge < -0.3 is 0 Å². The number of ketones is 1. The molecule has 1 aromatic heterocycles. The second kappa shape index (κ2) is 5.57. The molecule has 0 saturated heterocycles. The van der Waals surface area contributed by atoms with Gasteiger partial charge in [0.15, 0.2) is 10.9 Å². The van der Waals surface area contributed by atoms with E-state index < -0.39 is 0 Å². The van der Waals surface area contributed by atoms with Crippen LogP contribution < -0.4 is 5.32 Å². The van der Waals surface area contributed by atoms with Gasteiger partial charge in [0.1, 0.15) is 0 Å². The molecule has 1 N–H and O–H groups in total. The number of nitrogens with one attached hydrogen (secondary N) is 1. The van der Waals surface area contributed by atoms with Crippen LogP contribution in [0.1, 0.15) is 57.1 Å². The molecule has 0 atom stereocenters. The summed E-state index contributed by atoms with van der Waals surface area (Å²) in [5.74, 6) is -0.0599. The van der Waals surface area contributed by atoms with Crippen molar-refractivity contribution in [2.24, 2.45) is 5.41 Å². The van der Waals surface area contributed by atoms with E-state index in [1.807, 2.05) is 32.0 Å². The van der Waals surface area contributed by atoms with Gasteiger partial charge in [0.05, 0.1) is 10.6 Å². The number of fused-ring (bicyclic) bond motifs is 1. The quantitative estimate of drug-likeness (QED) is 0.900. The predicted octanol–water partition coefficient (Wildman–Crippen LogP) is 4.17. The van der Waals surface area contributed by atoms with E-state index >= 15 is 0 Å². The molecule has 2 aromatic rings. The van der Waals surface area contributed by atoms with Gasteiger partial charge in [0.2, 0.25) is 0 Å². The van der Waals surface area contributed by atoms with Gasteiger partial charge in [-0.2, -0.15) is 0 Å². The average molecular weight is 328 g/mol. The Labute approximate surface area is 140 Å². The third-order valence-corrected chi connectivity index (χ3v) is 4.99. The maximum absolute atomic E-state index is 12.4. The zero-order chi connectivity index (χ0) is 16.8. The van der Waals surface area contributed by atoms with Gasteiger partial charge in [0.25, 0.3) is 5.91 Å². The molecule has 4 nitrogen and oxygen atoms in total. The molecule has 0 unspecified atom stereocenters. The number of benzene rings is 1. The Morgan fingerprint density at radius 2 is 1.83 bits per heavy atom. The van der Waals surface area contributed by atoms with Crippen LogP contribution in [0.3, 0.4) is 0 Å². The van der Waals surface area contributed by atoms with Gasteiger partial charge in [-0.05, 0) is 37.8 Å². The SMILES string of the molecule is Cc1cc(C)cc(C(=O)Nc2nc3c(s2)C(=O)CC(C)(C)C3)c1. The van der Waals surface area contributed by atoms with Crippen molar-refractivity contribution in [3.8, 4) is 0 Å². The molecule has 0 bridgehead atoms. The number of aryl methyl sites for hydroxylation is 2. The molecule has 1 amide bonds. The number of thiazole rings is 1. The number of aromatic nitrogens is 1. The molecule has 0 aliphatic heterocycles. The Morgan fingerprint density at radius 1 is 1.17 bits per heavy atom. The molecule has 1 aliphatic carbocycles. The van der Waals surface area contributed by atoms with Gasteiger partial charge in [-0.1, -0.05) is 42.4 Å². The lowest BCUT2D eigenvalue weighted by molar-refractivity contribution is 0.0915. The maximum Gasteiger partial charge on any atom is 0.257 e. The topological polar surface area (TPSA) is 59.1 Å². The molecule has 0 radical (unpaired) electrons. The van der Waals surface area contributed by atoms with E-state index in [0.717, 1.165) is 23.2 Å². The molecule has 0 saturated carbocycles. The number of amides is 1. The van der Waals surface area contributed by atoms with Gasteiger partial charge in [0, 0.05) is 12.0 Å². The minimum absolute atomic E-state index is 0.0624. The molecule has 1 heterocycles. The molecule has 0 spiro atoms. The van der Waals surface area contributed by atoms with E-state index in [4.69, 9.17) is 0 Å². The van der Waals surface area contributed by atoms with E-state index in [-0.39, 0.29) is 17.1 Å². The lowest BCUT2D eigenvalue weighted by Crippen LogP contribution is -2.26. The van der Waals surface area contributed by atoms with E-state index in [9.17, 15) is 9.59 Å². The lowest BCUT2D eigenvalue weighted by Gasteiger charge is -2.26. The van der Waals surface area contributed by atoms with Crippen LogP contribution in [0, 0.1) is 19.3 Å². The summed E-state index contributed by atoms with van der Waals surface area (Å²) in [5, 5.41) is 3.34. The monoisotopic (exact) mass is 328 g/mol. The summed E-state index contributed by atoms with van der Waals surface area (Å²) in [6, 6.07) is 5.73. The van der Waals surface area contributed by atoms with Crippen molar-refractivity contribution >= 4 is 28.2 Å². The molecular weight excluding hydrogens is 308 g/mol. The van der Waals surface area contributed by atoms with Crippen LogP contribution in [0.25, 0.3) is 0 Å². The largest absolute Gasteiger partial charge is 0.298 e. The summed E-state index contributed by atoms with van der Waals surface area (Å²) < 4.78 is 0. The van der Waals surface area contributed by atoms with E-state index in [1.54, 1.807) is 0 Å². The van der Waals surface area contributed by atoms with E-state index in [0.29, 0.717) is 22.0 Å². The average Bonchev–Trinajstić information content (AvgIpc) is 2.78. The molecule has 23 heavy (non-hydrogen) atoms. The summed E-state index contributed by atoms with van der Waals surface area (Å²) in [6.45, 7) is 8.07. The second-order valence-electron chi connectivity index (χ2n) is 7.07. The number of carbonyl (C=O) groups is 2. The van der Waals surface area contributed by atoms with Crippen LogP contribution in [0.4, 0.5) is 5.13 Å². The van der Waals surface area contributed by atoms with Crippen LogP contribution in [-0.2, 0) is 6.42 Å². The zero-order valence-corrected chi connectivity index (χ0v) is 14.6. The van der Waals surface area contributed by atoms with Crippen LogP contribution in [0.2, 0.25) is 0 Å². The summed E-state index contributed by atoms with van der Waals surface area (Å²) in [4.78, 5) is 29.8. The van der Waals surface area contributed by atoms with Crippen LogP contribution >= 0.6 is 11.3 Å². The molecule has 5 heteroatoms. The number of hydrogen-bond acceptors (Lipinski definition) is 4. The highest BCUT2D eigenvalue weighted by atomic mass is 32.1. The smallest absolute Gasteiger partial charge is 0.257 e. The van der Waals surface area contributed by atoms with Gasteiger partial charge in [-0.3, -0.25) is 14.9 Å². The summed E-state index contributed by atoms with van der Waals surface area (Å²) in [6.07, 6.45) is 1.30. The van der Waals surface area contributed by atoms with Crippen molar-refractivity contribution in [1.82, 2.24) is 4.98 Å². The predicted molar refractivity (Wildman–Crippen MR) is 92.4 cm³/mol. The van der Waals surface area contributed by atoms with E-state index in [2.05, 4.69) is 24.1 Å². The summed E-state index contributed by atoms with van der Waals surface area (Å²) >= 11 is 1.28. The normalized spacial score (nSPS) is 16.1. The summed E-state index contributed by atoms with van der Waals surface area (Å²) in [7, 11) is 0. The fraction of sp³-hybridized carbons (Fsp3) is 0.389. The highest BCUT2D eigenvalue weighted by molar-refractivity contribution is 7.17. The van der Waals surface area contributed by atoms with Crippen LogP contribution in [0.15, 0.2) is 18.2 Å². The maximum atomic E-state index is 12.4. The number of hydrogen-bond donors (Lipinski definition) is 1. The molecule has 120 valence electrons. The van der Waals surface area contributed by atoms with Crippen molar-refractivity contribution in [3.63, 3.8) is 0 Å². The number of carbonyl (C=O) groups excluding carboxylic acids is 2. The first-order valence-electron chi connectivity index (χ1n) is 7.66. The fourth-order valence-corrected chi connectivity index (χ4v) is 3.96. The van der Waals surface area contributed by atoms with Crippen molar-refractivity contribution in [1.29, 1.82) is 0 Å². The lowest BCUT2D eigenvalue weighted by atomic mass is 9.78. The molecule has 1 aromatic carbocycles. The van der Waals surface area contributed by atoms with Crippen molar-refractivity contribution < 1.29 is 9.59 Å². The van der Waals surface area contributed by atoms with Crippen LogP contribution in [-0.4, -0.2) is 16.7 Å². The van der Waals surface area contributed by atoms with Gasteiger partial charge in [-0.15, -0.1) is 0 Å². The Hall–Kier alpha value is -2.01. The number of anilines is 1. The van der Waals surface area contributed by atoms with Crippen molar-refractivity contribution in [2.75, 3.05) is 5.32 Å². The Morgan fingerprint density at radius 3 is 2.48 bits per heavy atom. The first kappa shape index (κ1) is 15.9. The Kier molecular flexibility index (Phi) is 3.84. The minimum atomic E-state index is -0.186. The number of Topliss-reactive ketones (excluding diaryl/α,β-unsaturated/α-hetero) is 1. The first-order valence-corrected chi connectivity index (χ1v) is 8.48. The standard InChI is InChI=1S/C18H20N2O2S/c1-10-5-11(2)7-12(6-10)16(22)20-17-19-13-8-18(3,4)9-14(21)15(13)23-17/h5-7H,8-9H2,1-4H3,(H,19,20,22). The first-order chi connectivity index (χ1) is 10.7. The van der Waals surface area contributed by atoms with Crippen molar-refractivity contribution in [3.05, 3.63) is 45.5 Å². The van der Waals surface area contributed by atoms with E-state index in [1.165, 1.54) is 11.3 Å². The Bertz CT molecular complexity index is 785. The minimum Gasteiger partial charge on any atom is -0.298 e. The number of nitrogens with zero attached hydrogens (tertiary/aromatic N) is 1. The number of rotatable bonds is 2. The highest BCUT2D eigenvalue weighted by Gasteiger charge is 2.34. The third-order valence-electron chi connectivity index (χ3n) is 3.94. The van der Waals surface area contributed by atoms with Crippen LogP contribution in [0.5, 0.6) is 0 Å². The zero-order valence-electron chi connectivity index (χ0n) is 13.8. The molecular formula is C18H20N2O2S. The van der Waals surface area contributed by atoms with Crippen molar-refractivity contribution in [2.45, 2.75) is 40.5 Å². The summed E-state index contributed by atoms with van der Waals surface area (Å²) in [5.41, 5.74) is 3.46. The highest BCUT2D eigenvalue weighted by Crippen LogP contribution is 2.38. The second-order valence-corrected chi connectivity index (χ2v) is 8.07. The third kappa shape index (κ3) is 3.34. The Balaban J connectivity index is 1.84. The molecule has 0 fully saturated rings. The molecule has 3 rings (SSSR count). The van der Waals surface area contributed by atoms with Gasteiger partial charge >= 0.3 is 0 Å². The fourth-order valence-electron chi connectivity index (χ4n) is 3.05. The molecule has 1 aliphatic rings. The van der Waals surface area contributed by atoms with Gasteiger partial charge in [-0.25, -0.2) is 4.98 Å².